The average Bonchev–Trinajstić information content (AvgIpc) is 3.21. The average molecular weight is 309 g/mol. The highest BCUT2D eigenvalue weighted by Gasteiger charge is 2.16. The topological polar surface area (TPSA) is 64.9 Å². The third-order valence-corrected chi connectivity index (χ3v) is 3.78. The first kappa shape index (κ1) is 13.6. The molecule has 23 heavy (non-hydrogen) atoms. The Labute approximate surface area is 132 Å². The van der Waals surface area contributed by atoms with Crippen LogP contribution in [0.5, 0.6) is 11.5 Å². The number of fused-ring (bicyclic) bond motifs is 2. The van der Waals surface area contributed by atoms with Gasteiger partial charge in [-0.25, -0.2) is 4.98 Å². The zero-order valence-electron chi connectivity index (χ0n) is 12.4. The summed E-state index contributed by atoms with van der Waals surface area (Å²) in [7, 11) is 0. The first-order valence-corrected chi connectivity index (χ1v) is 7.40. The molecule has 0 bridgehead atoms. The van der Waals surface area contributed by atoms with E-state index in [-0.39, 0.29) is 12.7 Å². The molecular weight excluding hydrogens is 294 g/mol. The quantitative estimate of drug-likeness (QED) is 0.801. The maximum absolute atomic E-state index is 12.2. The second-order valence-corrected chi connectivity index (χ2v) is 5.24. The summed E-state index contributed by atoms with van der Waals surface area (Å²) < 4.78 is 12.5. The van der Waals surface area contributed by atoms with Crippen LogP contribution in [0.25, 0.3) is 5.52 Å². The van der Waals surface area contributed by atoms with Gasteiger partial charge < -0.3 is 19.2 Å². The molecule has 6 nitrogen and oxygen atoms in total. The fourth-order valence-electron chi connectivity index (χ4n) is 2.61. The van der Waals surface area contributed by atoms with E-state index < -0.39 is 0 Å². The van der Waals surface area contributed by atoms with Gasteiger partial charge in [0.05, 0.1) is 11.7 Å². The number of rotatable bonds is 4. The van der Waals surface area contributed by atoms with Crippen molar-refractivity contribution in [2.75, 3.05) is 13.3 Å². The van der Waals surface area contributed by atoms with E-state index in [9.17, 15) is 4.79 Å². The summed E-state index contributed by atoms with van der Waals surface area (Å²) in [6, 6.07) is 11.1. The zero-order chi connectivity index (χ0) is 15.6. The molecule has 0 unspecified atom stereocenters. The molecule has 0 saturated heterocycles. The van der Waals surface area contributed by atoms with Crippen LogP contribution in [0, 0.1) is 0 Å². The molecule has 0 saturated carbocycles. The Morgan fingerprint density at radius 3 is 3.09 bits per heavy atom. The number of imidazole rings is 1. The second kappa shape index (κ2) is 5.64. The van der Waals surface area contributed by atoms with Crippen LogP contribution in [0.1, 0.15) is 16.2 Å². The Kier molecular flexibility index (Phi) is 3.34. The molecule has 0 fully saturated rings. The summed E-state index contributed by atoms with van der Waals surface area (Å²) in [5.41, 5.74) is 1.60. The lowest BCUT2D eigenvalue weighted by Crippen LogP contribution is -2.26. The van der Waals surface area contributed by atoms with Crippen molar-refractivity contribution in [2.45, 2.75) is 6.42 Å². The minimum atomic E-state index is -0.135. The Morgan fingerprint density at radius 2 is 2.13 bits per heavy atom. The van der Waals surface area contributed by atoms with Gasteiger partial charge >= 0.3 is 0 Å². The van der Waals surface area contributed by atoms with Gasteiger partial charge in [-0.1, -0.05) is 6.07 Å². The number of carbonyl (C=O) groups is 1. The van der Waals surface area contributed by atoms with E-state index in [0.29, 0.717) is 30.0 Å². The summed E-state index contributed by atoms with van der Waals surface area (Å²) in [5, 5.41) is 2.90. The van der Waals surface area contributed by atoms with E-state index in [1.54, 1.807) is 18.2 Å². The van der Waals surface area contributed by atoms with E-state index in [0.717, 1.165) is 11.3 Å². The molecule has 1 N–H and O–H groups in total. The molecule has 1 amide bonds. The van der Waals surface area contributed by atoms with Gasteiger partial charge in [-0.15, -0.1) is 0 Å². The number of pyridine rings is 1. The number of hydrogen-bond acceptors (Lipinski definition) is 4. The minimum absolute atomic E-state index is 0.135. The maximum Gasteiger partial charge on any atom is 0.251 e. The number of amides is 1. The van der Waals surface area contributed by atoms with Crippen LogP contribution in [-0.4, -0.2) is 28.6 Å². The number of benzene rings is 1. The van der Waals surface area contributed by atoms with E-state index >= 15 is 0 Å². The van der Waals surface area contributed by atoms with Gasteiger partial charge in [-0.3, -0.25) is 4.79 Å². The molecular formula is C17H15N3O3. The van der Waals surface area contributed by atoms with Crippen molar-refractivity contribution in [1.29, 1.82) is 0 Å². The molecule has 0 radical (unpaired) electrons. The van der Waals surface area contributed by atoms with Crippen molar-refractivity contribution < 1.29 is 14.3 Å². The summed E-state index contributed by atoms with van der Waals surface area (Å²) in [6.45, 7) is 0.717. The monoisotopic (exact) mass is 309 g/mol. The molecule has 0 aliphatic carbocycles. The van der Waals surface area contributed by atoms with Crippen LogP contribution >= 0.6 is 0 Å². The Bertz CT molecular complexity index is 872. The fraction of sp³-hybridized carbons (Fsp3) is 0.176. The number of hydrogen-bond donors (Lipinski definition) is 1. The van der Waals surface area contributed by atoms with E-state index in [1.165, 1.54) is 0 Å². The van der Waals surface area contributed by atoms with Crippen molar-refractivity contribution in [3.05, 3.63) is 60.2 Å². The fourth-order valence-corrected chi connectivity index (χ4v) is 2.61. The largest absolute Gasteiger partial charge is 0.454 e. The molecule has 6 heteroatoms. The van der Waals surface area contributed by atoms with Crippen LogP contribution < -0.4 is 14.8 Å². The molecule has 4 rings (SSSR count). The number of aromatic nitrogens is 2. The second-order valence-electron chi connectivity index (χ2n) is 5.24. The van der Waals surface area contributed by atoms with Gasteiger partial charge in [-0.05, 0) is 30.3 Å². The maximum atomic E-state index is 12.2. The third-order valence-electron chi connectivity index (χ3n) is 3.78. The van der Waals surface area contributed by atoms with E-state index in [4.69, 9.17) is 9.47 Å². The smallest absolute Gasteiger partial charge is 0.251 e. The Morgan fingerprint density at radius 1 is 1.22 bits per heavy atom. The first-order valence-electron chi connectivity index (χ1n) is 7.40. The normalized spacial score (nSPS) is 12.5. The van der Waals surface area contributed by atoms with Gasteiger partial charge in [0.2, 0.25) is 6.79 Å². The van der Waals surface area contributed by atoms with Crippen molar-refractivity contribution in [1.82, 2.24) is 14.7 Å². The van der Waals surface area contributed by atoms with Crippen LogP contribution in [0.2, 0.25) is 0 Å². The predicted octanol–water partition coefficient (Wildman–Crippen LogP) is 2.04. The van der Waals surface area contributed by atoms with Crippen molar-refractivity contribution in [3.8, 4) is 11.5 Å². The highest BCUT2D eigenvalue weighted by atomic mass is 16.7. The van der Waals surface area contributed by atoms with Gasteiger partial charge in [0.1, 0.15) is 5.82 Å². The van der Waals surface area contributed by atoms with Gasteiger partial charge in [0.15, 0.2) is 11.5 Å². The summed E-state index contributed by atoms with van der Waals surface area (Å²) >= 11 is 0. The Hall–Kier alpha value is -3.02. The van der Waals surface area contributed by atoms with Gasteiger partial charge in [0, 0.05) is 24.7 Å². The standard InChI is InChI=1S/C17H15N3O3/c21-17(12-4-5-14-15(9-12)23-11-22-14)18-7-6-16-19-10-13-3-1-2-8-20(13)16/h1-5,8-10H,6-7,11H2,(H,18,21). The lowest BCUT2D eigenvalue weighted by Gasteiger charge is -2.06. The lowest BCUT2D eigenvalue weighted by molar-refractivity contribution is 0.0953. The number of carbonyl (C=O) groups excluding carboxylic acids is 1. The molecule has 2 aromatic heterocycles. The van der Waals surface area contributed by atoms with Crippen molar-refractivity contribution >= 4 is 11.4 Å². The molecule has 1 aromatic carbocycles. The highest BCUT2D eigenvalue weighted by Crippen LogP contribution is 2.32. The Balaban J connectivity index is 1.40. The molecule has 1 aliphatic heterocycles. The van der Waals surface area contributed by atoms with Crippen LogP contribution in [0.15, 0.2) is 48.8 Å². The summed E-state index contributed by atoms with van der Waals surface area (Å²) in [4.78, 5) is 16.6. The number of nitrogens with one attached hydrogen (secondary N) is 1. The van der Waals surface area contributed by atoms with Crippen molar-refractivity contribution in [3.63, 3.8) is 0 Å². The molecule has 3 heterocycles. The van der Waals surface area contributed by atoms with E-state index in [1.807, 2.05) is 35.0 Å². The predicted molar refractivity (Wildman–Crippen MR) is 83.8 cm³/mol. The van der Waals surface area contributed by atoms with Crippen molar-refractivity contribution in [2.24, 2.45) is 0 Å². The van der Waals surface area contributed by atoms with Gasteiger partial charge in [0.25, 0.3) is 5.91 Å². The lowest BCUT2D eigenvalue weighted by atomic mass is 10.2. The molecule has 0 atom stereocenters. The summed E-state index contributed by atoms with van der Waals surface area (Å²) in [6.07, 6.45) is 4.46. The van der Waals surface area contributed by atoms with Crippen LogP contribution in [-0.2, 0) is 6.42 Å². The van der Waals surface area contributed by atoms with E-state index in [2.05, 4.69) is 10.3 Å². The first-order chi connectivity index (χ1) is 11.3. The SMILES string of the molecule is O=C(NCCc1ncc2ccccn12)c1ccc2c(c1)OCO2. The molecule has 1 aliphatic rings. The van der Waals surface area contributed by atoms with Gasteiger partial charge in [-0.2, -0.15) is 0 Å². The molecule has 116 valence electrons. The number of ether oxygens (including phenoxy) is 2. The van der Waals surface area contributed by atoms with Crippen LogP contribution in [0.4, 0.5) is 0 Å². The molecule has 0 spiro atoms. The summed E-state index contributed by atoms with van der Waals surface area (Å²) in [5.74, 6) is 2.07. The number of nitrogens with zero attached hydrogens (tertiary/aromatic N) is 2. The zero-order valence-corrected chi connectivity index (χ0v) is 12.4. The molecule has 3 aromatic rings. The van der Waals surface area contributed by atoms with Crippen LogP contribution in [0.3, 0.4) is 0 Å². The third kappa shape index (κ3) is 2.59. The highest BCUT2D eigenvalue weighted by molar-refractivity contribution is 5.94. The minimum Gasteiger partial charge on any atom is -0.454 e.